The second-order valence-electron chi connectivity index (χ2n) is 4.55. The molecule has 1 aromatic carbocycles. The fraction of sp³-hybridized carbons (Fsp3) is 0.133. The second kappa shape index (κ2) is 4.14. The van der Waals surface area contributed by atoms with Crippen molar-refractivity contribution in [1.29, 1.82) is 0 Å². The molecule has 0 amide bonds. The van der Waals surface area contributed by atoms with E-state index in [2.05, 4.69) is 31.0 Å². The molecule has 2 aromatic heterocycles. The third kappa shape index (κ3) is 1.89. The monoisotopic (exact) mass is 256 g/mol. The van der Waals surface area contributed by atoms with Gasteiger partial charge in [-0.15, -0.1) is 0 Å². The molecule has 3 heteroatoms. The fourth-order valence-electron chi connectivity index (χ4n) is 2.08. The molecule has 0 aliphatic rings. The zero-order valence-corrected chi connectivity index (χ0v) is 11.1. The van der Waals surface area contributed by atoms with Crippen LogP contribution in [0.3, 0.4) is 0 Å². The number of imidazole rings is 1. The van der Waals surface area contributed by atoms with Crippen LogP contribution in [0.15, 0.2) is 42.7 Å². The van der Waals surface area contributed by atoms with Crippen molar-refractivity contribution >= 4 is 17.2 Å². The van der Waals surface area contributed by atoms with Crippen LogP contribution in [-0.4, -0.2) is 9.38 Å². The largest absolute Gasteiger partial charge is 0.306 e. The summed E-state index contributed by atoms with van der Waals surface area (Å²) < 4.78 is 2.03. The Morgan fingerprint density at radius 1 is 1.11 bits per heavy atom. The molecule has 0 saturated heterocycles. The lowest BCUT2D eigenvalue weighted by Gasteiger charge is -2.02. The number of aryl methyl sites for hydroxylation is 2. The molecule has 18 heavy (non-hydrogen) atoms. The first kappa shape index (κ1) is 11.3. The number of fused-ring (bicyclic) bond motifs is 1. The Kier molecular flexibility index (Phi) is 2.60. The van der Waals surface area contributed by atoms with Gasteiger partial charge in [-0.2, -0.15) is 0 Å². The average molecular weight is 257 g/mol. The number of benzene rings is 1. The van der Waals surface area contributed by atoms with E-state index in [0.717, 1.165) is 21.9 Å². The Labute approximate surface area is 111 Å². The minimum Gasteiger partial charge on any atom is -0.306 e. The summed E-state index contributed by atoms with van der Waals surface area (Å²) in [7, 11) is 0. The first-order chi connectivity index (χ1) is 8.63. The van der Waals surface area contributed by atoms with E-state index in [4.69, 9.17) is 11.6 Å². The molecule has 90 valence electrons. The molecule has 2 heterocycles. The highest BCUT2D eigenvalue weighted by molar-refractivity contribution is 6.30. The van der Waals surface area contributed by atoms with Crippen LogP contribution < -0.4 is 0 Å². The standard InChI is InChI=1S/C15H13ClN2/c1-10-5-6-18-9-14(17-15(18)7-10)13-8-12(16)4-3-11(13)2/h3-9H,1-2H3. The minimum absolute atomic E-state index is 0.740. The number of aromatic nitrogens is 2. The maximum absolute atomic E-state index is 6.06. The number of nitrogens with zero attached hydrogens (tertiary/aromatic N) is 2. The van der Waals surface area contributed by atoms with Crippen molar-refractivity contribution in [2.45, 2.75) is 13.8 Å². The first-order valence-electron chi connectivity index (χ1n) is 5.85. The van der Waals surface area contributed by atoms with E-state index in [1.807, 2.05) is 35.0 Å². The summed E-state index contributed by atoms with van der Waals surface area (Å²) in [6, 6.07) is 10.0. The smallest absolute Gasteiger partial charge is 0.137 e. The van der Waals surface area contributed by atoms with Crippen LogP contribution in [0, 0.1) is 13.8 Å². The van der Waals surface area contributed by atoms with Crippen LogP contribution in [0.1, 0.15) is 11.1 Å². The molecular formula is C15H13ClN2. The van der Waals surface area contributed by atoms with E-state index in [-0.39, 0.29) is 0 Å². The highest BCUT2D eigenvalue weighted by Gasteiger charge is 2.07. The third-order valence-corrected chi connectivity index (χ3v) is 3.33. The van der Waals surface area contributed by atoms with Crippen LogP contribution in [0.25, 0.3) is 16.9 Å². The van der Waals surface area contributed by atoms with Crippen LogP contribution in [0.4, 0.5) is 0 Å². The van der Waals surface area contributed by atoms with E-state index >= 15 is 0 Å². The zero-order valence-electron chi connectivity index (χ0n) is 10.3. The molecule has 0 fully saturated rings. The number of hydrogen-bond acceptors (Lipinski definition) is 1. The first-order valence-corrected chi connectivity index (χ1v) is 6.23. The summed E-state index contributed by atoms with van der Waals surface area (Å²) in [6.45, 7) is 4.14. The van der Waals surface area contributed by atoms with Crippen molar-refractivity contribution in [2.24, 2.45) is 0 Å². The molecule has 0 spiro atoms. The van der Waals surface area contributed by atoms with E-state index in [0.29, 0.717) is 0 Å². The average Bonchev–Trinajstić information content (AvgIpc) is 2.74. The predicted molar refractivity (Wildman–Crippen MR) is 75.1 cm³/mol. The Hall–Kier alpha value is -1.80. The van der Waals surface area contributed by atoms with Crippen molar-refractivity contribution < 1.29 is 0 Å². The summed E-state index contributed by atoms with van der Waals surface area (Å²) >= 11 is 6.06. The van der Waals surface area contributed by atoms with E-state index in [9.17, 15) is 0 Å². The minimum atomic E-state index is 0.740. The summed E-state index contributed by atoms with van der Waals surface area (Å²) in [5, 5.41) is 0.740. The molecule has 2 nitrogen and oxygen atoms in total. The van der Waals surface area contributed by atoms with E-state index in [1.165, 1.54) is 11.1 Å². The molecule has 0 bridgehead atoms. The van der Waals surface area contributed by atoms with Crippen molar-refractivity contribution in [3.8, 4) is 11.3 Å². The second-order valence-corrected chi connectivity index (χ2v) is 4.99. The van der Waals surface area contributed by atoms with Gasteiger partial charge in [-0.25, -0.2) is 4.98 Å². The number of pyridine rings is 1. The Morgan fingerprint density at radius 2 is 1.94 bits per heavy atom. The normalized spacial score (nSPS) is 11.1. The summed E-state index contributed by atoms with van der Waals surface area (Å²) in [6.07, 6.45) is 4.06. The molecule has 0 N–H and O–H groups in total. The highest BCUT2D eigenvalue weighted by Crippen LogP contribution is 2.26. The van der Waals surface area contributed by atoms with Gasteiger partial charge in [-0.3, -0.25) is 0 Å². The van der Waals surface area contributed by atoms with Gasteiger partial charge in [0.05, 0.1) is 5.69 Å². The molecule has 3 rings (SSSR count). The van der Waals surface area contributed by atoms with Crippen LogP contribution in [0.2, 0.25) is 5.02 Å². The van der Waals surface area contributed by atoms with Gasteiger partial charge < -0.3 is 4.40 Å². The lowest BCUT2D eigenvalue weighted by Crippen LogP contribution is -1.82. The lowest BCUT2D eigenvalue weighted by molar-refractivity contribution is 1.17. The number of hydrogen-bond donors (Lipinski definition) is 0. The van der Waals surface area contributed by atoms with Crippen LogP contribution >= 0.6 is 11.6 Å². The summed E-state index contributed by atoms with van der Waals surface area (Å²) in [4.78, 5) is 4.65. The third-order valence-electron chi connectivity index (χ3n) is 3.09. The highest BCUT2D eigenvalue weighted by atomic mass is 35.5. The summed E-state index contributed by atoms with van der Waals surface area (Å²) in [5.74, 6) is 0. The van der Waals surface area contributed by atoms with Crippen molar-refractivity contribution in [3.05, 3.63) is 58.9 Å². The SMILES string of the molecule is Cc1ccn2cc(-c3cc(Cl)ccc3C)nc2c1. The van der Waals surface area contributed by atoms with Gasteiger partial charge in [-0.05, 0) is 49.2 Å². The van der Waals surface area contributed by atoms with Crippen molar-refractivity contribution in [1.82, 2.24) is 9.38 Å². The Bertz CT molecular complexity index is 728. The molecule has 0 unspecified atom stereocenters. The molecule has 0 atom stereocenters. The summed E-state index contributed by atoms with van der Waals surface area (Å²) in [5.41, 5.74) is 5.40. The van der Waals surface area contributed by atoms with Gasteiger partial charge in [0.2, 0.25) is 0 Å². The van der Waals surface area contributed by atoms with Crippen molar-refractivity contribution in [3.63, 3.8) is 0 Å². The molecular weight excluding hydrogens is 244 g/mol. The lowest BCUT2D eigenvalue weighted by atomic mass is 10.1. The van der Waals surface area contributed by atoms with Crippen LogP contribution in [-0.2, 0) is 0 Å². The van der Waals surface area contributed by atoms with Gasteiger partial charge in [-0.1, -0.05) is 17.7 Å². The van der Waals surface area contributed by atoms with Crippen LogP contribution in [0.5, 0.6) is 0 Å². The fourth-order valence-corrected chi connectivity index (χ4v) is 2.26. The molecule has 0 saturated carbocycles. The van der Waals surface area contributed by atoms with Gasteiger partial charge in [0.15, 0.2) is 0 Å². The van der Waals surface area contributed by atoms with Gasteiger partial charge >= 0.3 is 0 Å². The Balaban J connectivity index is 2.22. The predicted octanol–water partition coefficient (Wildman–Crippen LogP) is 4.27. The molecule has 0 aliphatic heterocycles. The zero-order chi connectivity index (χ0) is 12.7. The van der Waals surface area contributed by atoms with E-state index in [1.54, 1.807) is 0 Å². The Morgan fingerprint density at radius 3 is 2.78 bits per heavy atom. The molecule has 3 aromatic rings. The maximum Gasteiger partial charge on any atom is 0.137 e. The maximum atomic E-state index is 6.06. The molecule has 0 aliphatic carbocycles. The molecule has 0 radical (unpaired) electrons. The topological polar surface area (TPSA) is 17.3 Å². The number of rotatable bonds is 1. The quantitative estimate of drug-likeness (QED) is 0.636. The number of halogens is 1. The van der Waals surface area contributed by atoms with Crippen molar-refractivity contribution in [2.75, 3.05) is 0 Å². The van der Waals surface area contributed by atoms with Gasteiger partial charge in [0.1, 0.15) is 5.65 Å². The van der Waals surface area contributed by atoms with E-state index < -0.39 is 0 Å². The van der Waals surface area contributed by atoms with Gasteiger partial charge in [0.25, 0.3) is 0 Å². The van der Waals surface area contributed by atoms with Gasteiger partial charge in [0, 0.05) is 23.0 Å².